The summed E-state index contributed by atoms with van der Waals surface area (Å²) in [7, 11) is -1.72. The number of rotatable bonds is 2. The first-order valence-electron chi connectivity index (χ1n) is 6.76. The highest BCUT2D eigenvalue weighted by Gasteiger charge is 2.39. The Hall–Kier alpha value is -2.32. The molecule has 1 aliphatic heterocycles. The molecule has 0 fully saturated rings. The quantitative estimate of drug-likeness (QED) is 0.825. The Bertz CT molecular complexity index is 777. The van der Waals surface area contributed by atoms with E-state index in [1.54, 1.807) is 0 Å². The van der Waals surface area contributed by atoms with Crippen molar-refractivity contribution in [3.63, 3.8) is 0 Å². The van der Waals surface area contributed by atoms with E-state index in [2.05, 4.69) is 0 Å². The van der Waals surface area contributed by atoms with Crippen molar-refractivity contribution in [1.82, 2.24) is 0 Å². The number of anilines is 1. The van der Waals surface area contributed by atoms with Crippen LogP contribution in [0.4, 0.5) is 18.9 Å². The van der Waals surface area contributed by atoms with Crippen molar-refractivity contribution < 1.29 is 28.0 Å². The highest BCUT2D eigenvalue weighted by molar-refractivity contribution is 6.58. The number of amides is 1. The second-order valence-electron chi connectivity index (χ2n) is 5.19. The maximum absolute atomic E-state index is 13.1. The van der Waals surface area contributed by atoms with Crippen molar-refractivity contribution >= 4 is 24.2 Å². The Morgan fingerprint density at radius 3 is 2.43 bits per heavy atom. The number of carbonyl (C=O) groups excluding carboxylic acids is 1. The second kappa shape index (κ2) is 5.40. The fraction of sp³-hybridized carbons (Fsp3) is 0.133. The largest absolute Gasteiger partial charge is 0.488 e. The molecule has 23 heavy (non-hydrogen) atoms. The van der Waals surface area contributed by atoms with Crippen molar-refractivity contribution in [1.29, 1.82) is 0 Å². The molecule has 0 aliphatic carbocycles. The zero-order chi connectivity index (χ0) is 16.8. The number of hydrogen-bond donors (Lipinski definition) is 2. The van der Waals surface area contributed by atoms with Crippen LogP contribution in [0, 0.1) is 0 Å². The number of carbonyl (C=O) groups is 1. The maximum atomic E-state index is 13.1. The minimum atomic E-state index is -4.54. The third-order valence-corrected chi connectivity index (χ3v) is 3.75. The van der Waals surface area contributed by atoms with Gasteiger partial charge in [0.1, 0.15) is 0 Å². The van der Waals surface area contributed by atoms with E-state index in [0.717, 1.165) is 6.07 Å². The van der Waals surface area contributed by atoms with Crippen molar-refractivity contribution in [2.24, 2.45) is 0 Å². The number of alkyl halides is 3. The maximum Gasteiger partial charge on any atom is 0.488 e. The first kappa shape index (κ1) is 15.6. The van der Waals surface area contributed by atoms with E-state index in [1.807, 2.05) is 0 Å². The average molecular weight is 321 g/mol. The Balaban J connectivity index is 2.03. The Morgan fingerprint density at radius 1 is 1.09 bits per heavy atom. The fourth-order valence-corrected chi connectivity index (χ4v) is 2.66. The number of nitrogens with zero attached hydrogens (tertiary/aromatic N) is 1. The summed E-state index contributed by atoms with van der Waals surface area (Å²) in [5, 5.41) is 18.4. The molecule has 0 radical (unpaired) electrons. The zero-order valence-corrected chi connectivity index (χ0v) is 11.7. The van der Waals surface area contributed by atoms with E-state index in [1.165, 1.54) is 41.3 Å². The van der Waals surface area contributed by atoms with Crippen molar-refractivity contribution in [2.45, 2.75) is 12.7 Å². The van der Waals surface area contributed by atoms with E-state index in [9.17, 15) is 28.0 Å². The minimum absolute atomic E-state index is 0.00905. The van der Waals surface area contributed by atoms with Gasteiger partial charge in [-0.25, -0.2) is 0 Å². The predicted octanol–water partition coefficient (Wildman–Crippen LogP) is 1.55. The molecule has 0 aromatic heterocycles. The van der Waals surface area contributed by atoms with Gasteiger partial charge in [-0.3, -0.25) is 4.79 Å². The van der Waals surface area contributed by atoms with Crippen LogP contribution >= 0.6 is 0 Å². The van der Waals surface area contributed by atoms with Crippen LogP contribution in [0.15, 0.2) is 42.5 Å². The smallest absolute Gasteiger partial charge is 0.423 e. The van der Waals surface area contributed by atoms with Crippen LogP contribution in [0.3, 0.4) is 0 Å². The minimum Gasteiger partial charge on any atom is -0.423 e. The van der Waals surface area contributed by atoms with E-state index >= 15 is 0 Å². The van der Waals surface area contributed by atoms with Gasteiger partial charge in [0.05, 0.1) is 12.1 Å². The second-order valence-corrected chi connectivity index (χ2v) is 5.19. The van der Waals surface area contributed by atoms with E-state index < -0.39 is 24.8 Å². The van der Waals surface area contributed by atoms with Gasteiger partial charge in [0.25, 0.3) is 5.91 Å². The molecule has 2 N–H and O–H groups in total. The van der Waals surface area contributed by atoms with Crippen molar-refractivity contribution in [2.75, 3.05) is 4.90 Å². The number of benzene rings is 2. The van der Waals surface area contributed by atoms with Crippen LogP contribution in [-0.4, -0.2) is 23.1 Å². The lowest BCUT2D eigenvalue weighted by Crippen LogP contribution is -2.31. The van der Waals surface area contributed by atoms with Gasteiger partial charge in [0, 0.05) is 11.3 Å². The fourth-order valence-electron chi connectivity index (χ4n) is 2.66. The third-order valence-electron chi connectivity index (χ3n) is 3.75. The molecule has 1 amide bonds. The topological polar surface area (TPSA) is 60.8 Å². The van der Waals surface area contributed by atoms with E-state index in [4.69, 9.17) is 0 Å². The molecule has 0 saturated carbocycles. The monoisotopic (exact) mass is 321 g/mol. The van der Waals surface area contributed by atoms with Gasteiger partial charge >= 0.3 is 13.3 Å². The summed E-state index contributed by atoms with van der Waals surface area (Å²) in [6.07, 6.45) is -4.54. The van der Waals surface area contributed by atoms with Gasteiger partial charge in [-0.2, -0.15) is 13.2 Å². The summed E-state index contributed by atoms with van der Waals surface area (Å²) >= 11 is 0. The molecule has 2 aromatic rings. The first-order chi connectivity index (χ1) is 10.8. The molecular formula is C15H11BF3NO3. The molecule has 118 valence electrons. The Morgan fingerprint density at radius 2 is 1.78 bits per heavy atom. The number of fused-ring (bicyclic) bond motifs is 1. The molecule has 2 aromatic carbocycles. The molecule has 3 rings (SSSR count). The SMILES string of the molecule is O=C1c2cccc(C(F)(F)F)c2CN1c1cccc(B(O)O)c1. The van der Waals surface area contributed by atoms with Crippen molar-refractivity contribution in [3.8, 4) is 0 Å². The number of hydrogen-bond acceptors (Lipinski definition) is 3. The molecular weight excluding hydrogens is 310 g/mol. The lowest BCUT2D eigenvalue weighted by atomic mass is 9.80. The van der Waals surface area contributed by atoms with Crippen LogP contribution in [-0.2, 0) is 12.7 Å². The molecule has 0 spiro atoms. The highest BCUT2D eigenvalue weighted by atomic mass is 19.4. The lowest BCUT2D eigenvalue weighted by molar-refractivity contribution is -0.138. The van der Waals surface area contributed by atoms with Gasteiger partial charge in [0.15, 0.2) is 0 Å². The van der Waals surface area contributed by atoms with Gasteiger partial charge in [-0.1, -0.05) is 18.2 Å². The van der Waals surface area contributed by atoms with Gasteiger partial charge in [-0.05, 0) is 35.3 Å². The summed E-state index contributed by atoms with van der Waals surface area (Å²) < 4.78 is 39.2. The first-order valence-corrected chi connectivity index (χ1v) is 6.76. The van der Waals surface area contributed by atoms with Crippen LogP contribution in [0.5, 0.6) is 0 Å². The molecule has 1 heterocycles. The zero-order valence-electron chi connectivity index (χ0n) is 11.7. The van der Waals surface area contributed by atoms with Crippen molar-refractivity contribution in [3.05, 3.63) is 59.2 Å². The summed E-state index contributed by atoms with van der Waals surface area (Å²) in [6, 6.07) is 9.36. The standard InChI is InChI=1S/C15H11BF3NO3/c17-15(18,19)13-6-2-5-11-12(13)8-20(14(11)21)10-4-1-3-9(7-10)16(22)23/h1-7,22-23H,8H2. The van der Waals surface area contributed by atoms with Crippen LogP contribution in [0.25, 0.3) is 0 Å². The molecule has 0 unspecified atom stereocenters. The highest BCUT2D eigenvalue weighted by Crippen LogP contribution is 2.38. The third kappa shape index (κ3) is 2.71. The molecule has 4 nitrogen and oxygen atoms in total. The molecule has 8 heteroatoms. The molecule has 1 aliphatic rings. The van der Waals surface area contributed by atoms with E-state index in [0.29, 0.717) is 5.69 Å². The van der Waals surface area contributed by atoms with Crippen LogP contribution in [0.2, 0.25) is 0 Å². The van der Waals surface area contributed by atoms with Gasteiger partial charge in [-0.15, -0.1) is 0 Å². The number of halogens is 3. The Kier molecular flexibility index (Phi) is 3.65. The molecule has 0 bridgehead atoms. The summed E-state index contributed by atoms with van der Waals surface area (Å²) in [4.78, 5) is 13.6. The van der Waals surface area contributed by atoms with Crippen LogP contribution in [0.1, 0.15) is 21.5 Å². The lowest BCUT2D eigenvalue weighted by Gasteiger charge is -2.17. The van der Waals surface area contributed by atoms with Gasteiger partial charge < -0.3 is 14.9 Å². The predicted molar refractivity (Wildman–Crippen MR) is 78.2 cm³/mol. The van der Waals surface area contributed by atoms with Crippen LogP contribution < -0.4 is 10.4 Å². The van der Waals surface area contributed by atoms with Gasteiger partial charge in [0.2, 0.25) is 0 Å². The summed E-state index contributed by atoms with van der Waals surface area (Å²) in [5.74, 6) is -0.546. The Labute approximate surface area is 129 Å². The summed E-state index contributed by atoms with van der Waals surface area (Å²) in [5.41, 5.74) is -0.425. The molecule has 0 atom stereocenters. The summed E-state index contributed by atoms with van der Waals surface area (Å²) in [6.45, 7) is -0.213. The van der Waals surface area contributed by atoms with E-state index in [-0.39, 0.29) is 23.1 Å². The average Bonchev–Trinajstić information content (AvgIpc) is 2.83. The molecule has 0 saturated heterocycles. The normalized spacial score (nSPS) is 14.1.